The van der Waals surface area contributed by atoms with E-state index in [4.69, 9.17) is 0 Å². The van der Waals surface area contributed by atoms with Crippen molar-refractivity contribution < 1.29 is 9.59 Å². The summed E-state index contributed by atoms with van der Waals surface area (Å²) in [5.41, 5.74) is 0. The van der Waals surface area contributed by atoms with Gasteiger partial charge >= 0.3 is 0 Å². The molecule has 5 aliphatic carbocycles. The van der Waals surface area contributed by atoms with Gasteiger partial charge in [0.1, 0.15) is 11.6 Å². The molecule has 10 atom stereocenters. The molecule has 0 aliphatic heterocycles. The van der Waals surface area contributed by atoms with E-state index in [9.17, 15) is 9.59 Å². The first kappa shape index (κ1) is 23.6. The lowest BCUT2D eigenvalue weighted by molar-refractivity contribution is -0.129. The number of fused-ring (bicyclic) bond motifs is 7. The average Bonchev–Trinajstić information content (AvgIpc) is 3.36. The Bertz CT molecular complexity index is 1120. The van der Waals surface area contributed by atoms with E-state index in [0.29, 0.717) is 45.7 Å². The second-order valence-corrected chi connectivity index (χ2v) is 14.8. The van der Waals surface area contributed by atoms with E-state index in [-0.39, 0.29) is 23.7 Å². The molecule has 5 saturated carbocycles. The molecule has 5 aliphatic rings. The molecule has 188 valence electrons. The highest BCUT2D eigenvalue weighted by Crippen LogP contribution is 2.63. The molecule has 0 N–H and O–H groups in total. The van der Waals surface area contributed by atoms with Crippen LogP contribution in [0.4, 0.5) is 0 Å². The number of hydrogen-bond acceptors (Lipinski definition) is 4. The summed E-state index contributed by atoms with van der Waals surface area (Å²) in [4.78, 5) is 30.4. The summed E-state index contributed by atoms with van der Waals surface area (Å²) in [5, 5.41) is 1.09. The van der Waals surface area contributed by atoms with Crippen LogP contribution in [-0.4, -0.2) is 22.1 Å². The zero-order valence-electron chi connectivity index (χ0n) is 20.8. The fourth-order valence-corrected chi connectivity index (χ4v) is 11.6. The summed E-state index contributed by atoms with van der Waals surface area (Å²) in [7, 11) is 0. The molecule has 0 heterocycles. The van der Waals surface area contributed by atoms with Crippen LogP contribution in [0.2, 0.25) is 0 Å². The number of carbonyl (C=O) groups excluding carboxylic acids is 2. The van der Waals surface area contributed by atoms with Crippen LogP contribution >= 0.6 is 23.5 Å². The van der Waals surface area contributed by atoms with Gasteiger partial charge in [-0.05, 0) is 99.3 Å². The van der Waals surface area contributed by atoms with Crippen LogP contribution in [0.25, 0.3) is 0 Å². The lowest BCUT2D eigenvalue weighted by Crippen LogP contribution is -2.39. The van der Waals surface area contributed by atoms with E-state index in [1.807, 2.05) is 23.5 Å². The monoisotopic (exact) mass is 516 g/mol. The predicted molar refractivity (Wildman–Crippen MR) is 147 cm³/mol. The van der Waals surface area contributed by atoms with Crippen LogP contribution in [0, 0.1) is 47.3 Å². The van der Waals surface area contributed by atoms with Crippen molar-refractivity contribution in [2.24, 2.45) is 47.3 Å². The summed E-state index contributed by atoms with van der Waals surface area (Å²) in [6, 6.07) is 21.4. The molecule has 2 aromatic carbocycles. The molecule has 0 saturated heterocycles. The topological polar surface area (TPSA) is 34.1 Å². The van der Waals surface area contributed by atoms with Gasteiger partial charge in [-0.2, -0.15) is 0 Å². The highest BCUT2D eigenvalue weighted by molar-refractivity contribution is 8.00. The van der Waals surface area contributed by atoms with E-state index in [2.05, 4.69) is 60.7 Å². The Labute approximate surface area is 223 Å². The minimum Gasteiger partial charge on any atom is -0.299 e. The Kier molecular flexibility index (Phi) is 6.33. The maximum atomic E-state index is 14.1. The van der Waals surface area contributed by atoms with Crippen molar-refractivity contribution in [1.29, 1.82) is 0 Å². The first-order valence-corrected chi connectivity index (χ1v) is 15.9. The van der Waals surface area contributed by atoms with Gasteiger partial charge in [-0.15, -0.1) is 23.5 Å². The standard InChI is InChI=1S/C32H36O2S2/c33-31-26-16-15-24-23-13-11-21(35-19-7-3-1-4-8-19)17-27(23)32(34)30(24)29(26)25-14-12-22(18-28(25)31)36-20-9-5-2-6-10-20/h1-10,21-30H,11-18H2. The van der Waals surface area contributed by atoms with Gasteiger partial charge in [-0.1, -0.05) is 36.4 Å². The van der Waals surface area contributed by atoms with Gasteiger partial charge in [0.05, 0.1) is 0 Å². The summed E-state index contributed by atoms with van der Waals surface area (Å²) >= 11 is 3.94. The molecule has 5 fully saturated rings. The highest BCUT2D eigenvalue weighted by Gasteiger charge is 2.63. The number of ketones is 2. The van der Waals surface area contributed by atoms with Crippen molar-refractivity contribution >= 4 is 35.1 Å². The molecule has 2 nitrogen and oxygen atoms in total. The molecule has 0 radical (unpaired) electrons. The Morgan fingerprint density at radius 1 is 0.528 bits per heavy atom. The van der Waals surface area contributed by atoms with Gasteiger partial charge in [0.25, 0.3) is 0 Å². The first-order valence-electron chi connectivity index (χ1n) is 14.2. The lowest BCUT2D eigenvalue weighted by Gasteiger charge is -2.41. The van der Waals surface area contributed by atoms with Crippen LogP contribution in [0.5, 0.6) is 0 Å². The van der Waals surface area contributed by atoms with Crippen LogP contribution in [-0.2, 0) is 9.59 Å². The van der Waals surface area contributed by atoms with Crippen LogP contribution in [0.15, 0.2) is 70.5 Å². The van der Waals surface area contributed by atoms with Gasteiger partial charge in [-0.25, -0.2) is 0 Å². The molecule has 2 aromatic rings. The first-order chi connectivity index (χ1) is 17.7. The van der Waals surface area contributed by atoms with E-state index >= 15 is 0 Å². The minimum absolute atomic E-state index is 0.167. The van der Waals surface area contributed by atoms with Crippen molar-refractivity contribution in [1.82, 2.24) is 0 Å². The van der Waals surface area contributed by atoms with Gasteiger partial charge in [0.2, 0.25) is 0 Å². The van der Waals surface area contributed by atoms with Gasteiger partial charge in [0, 0.05) is 44.0 Å². The third-order valence-corrected chi connectivity index (χ3v) is 13.0. The molecular weight excluding hydrogens is 480 g/mol. The van der Waals surface area contributed by atoms with Gasteiger partial charge in [-0.3, -0.25) is 9.59 Å². The Morgan fingerprint density at radius 3 is 1.67 bits per heavy atom. The lowest BCUT2D eigenvalue weighted by atomic mass is 9.63. The Hall–Kier alpha value is -1.52. The highest BCUT2D eigenvalue weighted by atomic mass is 32.2. The fraction of sp³-hybridized carbons (Fsp3) is 0.562. The quantitative estimate of drug-likeness (QED) is 0.420. The minimum atomic E-state index is 0.167. The fourth-order valence-electron chi connectivity index (χ4n) is 9.11. The zero-order valence-corrected chi connectivity index (χ0v) is 22.5. The van der Waals surface area contributed by atoms with Crippen molar-refractivity contribution in [2.45, 2.75) is 71.7 Å². The third kappa shape index (κ3) is 4.02. The van der Waals surface area contributed by atoms with Crippen molar-refractivity contribution in [3.05, 3.63) is 60.7 Å². The van der Waals surface area contributed by atoms with E-state index < -0.39 is 0 Å². The second-order valence-electron chi connectivity index (χ2n) is 12.0. The van der Waals surface area contributed by atoms with Crippen molar-refractivity contribution in [3.63, 3.8) is 0 Å². The molecule has 36 heavy (non-hydrogen) atoms. The molecular formula is C32H36O2S2. The molecule has 10 unspecified atom stereocenters. The van der Waals surface area contributed by atoms with Crippen LogP contribution in [0.3, 0.4) is 0 Å². The maximum Gasteiger partial charge on any atom is 0.139 e. The normalized spacial score (nSPS) is 41.3. The number of benzene rings is 2. The summed E-state index contributed by atoms with van der Waals surface area (Å²) < 4.78 is 0. The number of Topliss-reactive ketones (excluding diaryl/α,β-unsaturated/α-hetero) is 2. The number of rotatable bonds is 4. The molecule has 0 spiro atoms. The SMILES string of the molecule is O=C1C2CC(Sc3ccccc3)CCC2C2C1CCC1C3CCC(Sc4ccccc4)CC3C(=O)C12. The van der Waals surface area contributed by atoms with Crippen molar-refractivity contribution in [3.8, 4) is 0 Å². The molecule has 7 rings (SSSR count). The molecule has 0 aromatic heterocycles. The number of hydrogen-bond donors (Lipinski definition) is 0. The van der Waals surface area contributed by atoms with Crippen LogP contribution < -0.4 is 0 Å². The largest absolute Gasteiger partial charge is 0.299 e. The average molecular weight is 517 g/mol. The van der Waals surface area contributed by atoms with E-state index in [0.717, 1.165) is 32.1 Å². The molecule has 4 heteroatoms. The summed E-state index contributed by atoms with van der Waals surface area (Å²) in [6.07, 6.45) is 8.99. The third-order valence-electron chi connectivity index (χ3n) is 10.4. The summed E-state index contributed by atoms with van der Waals surface area (Å²) in [6.45, 7) is 0. The smallest absolute Gasteiger partial charge is 0.139 e. The zero-order chi connectivity index (χ0) is 24.2. The van der Waals surface area contributed by atoms with Gasteiger partial charge in [0.15, 0.2) is 0 Å². The van der Waals surface area contributed by atoms with E-state index in [1.165, 1.54) is 29.1 Å². The predicted octanol–water partition coefficient (Wildman–Crippen LogP) is 7.56. The number of thioether (sulfide) groups is 2. The Balaban J connectivity index is 1.07. The van der Waals surface area contributed by atoms with Crippen molar-refractivity contribution in [2.75, 3.05) is 0 Å². The van der Waals surface area contributed by atoms with Crippen LogP contribution in [0.1, 0.15) is 51.4 Å². The molecule has 0 amide bonds. The van der Waals surface area contributed by atoms with Gasteiger partial charge < -0.3 is 0 Å². The Morgan fingerprint density at radius 2 is 1.06 bits per heavy atom. The summed E-state index contributed by atoms with van der Waals surface area (Å²) in [5.74, 6) is 3.82. The number of carbonyl (C=O) groups is 2. The molecule has 0 bridgehead atoms. The maximum absolute atomic E-state index is 14.1. The second kappa shape index (κ2) is 9.66. The van der Waals surface area contributed by atoms with E-state index in [1.54, 1.807) is 0 Å².